The van der Waals surface area contributed by atoms with Gasteiger partial charge in [0.1, 0.15) is 0 Å². The third kappa shape index (κ3) is 6.28. The smallest absolute Gasteiger partial charge is 0.191 e. The Kier molecular flexibility index (Phi) is 7.19. The van der Waals surface area contributed by atoms with E-state index in [-0.39, 0.29) is 0 Å². The predicted molar refractivity (Wildman–Crippen MR) is 97.3 cm³/mol. The first kappa shape index (κ1) is 19.0. The fourth-order valence-corrected chi connectivity index (χ4v) is 3.88. The van der Waals surface area contributed by atoms with Gasteiger partial charge in [-0.05, 0) is 68.5 Å². The lowest BCUT2D eigenvalue weighted by Crippen LogP contribution is -2.40. The minimum absolute atomic E-state index is 0.337. The van der Waals surface area contributed by atoms with Gasteiger partial charge < -0.3 is 4.43 Å². The zero-order chi connectivity index (χ0) is 16.1. The van der Waals surface area contributed by atoms with E-state index in [4.69, 9.17) is 4.43 Å². The molecular weight excluding hydrogens is 272 g/mol. The molecule has 0 N–H and O–H groups in total. The van der Waals surface area contributed by atoms with Gasteiger partial charge >= 0.3 is 0 Å². The Morgan fingerprint density at radius 2 is 1.90 bits per heavy atom. The minimum Gasteiger partial charge on any atom is -0.417 e. The van der Waals surface area contributed by atoms with Crippen molar-refractivity contribution in [1.29, 1.82) is 0 Å². The highest BCUT2D eigenvalue weighted by Crippen LogP contribution is 2.37. The van der Waals surface area contributed by atoms with E-state index in [1.807, 2.05) is 0 Å². The molecule has 124 valence electrons. The summed E-state index contributed by atoms with van der Waals surface area (Å²) in [7, 11) is -1.53. The first-order chi connectivity index (χ1) is 9.63. The van der Waals surface area contributed by atoms with Crippen molar-refractivity contribution in [2.75, 3.05) is 6.61 Å². The first-order valence-electron chi connectivity index (χ1n) is 8.95. The van der Waals surface area contributed by atoms with E-state index in [2.05, 4.69) is 53.8 Å². The molecule has 2 heteroatoms. The van der Waals surface area contributed by atoms with Crippen LogP contribution in [0.3, 0.4) is 0 Å². The van der Waals surface area contributed by atoms with Crippen LogP contribution >= 0.6 is 0 Å². The summed E-state index contributed by atoms with van der Waals surface area (Å²) < 4.78 is 6.26. The normalized spacial score (nSPS) is 20.8. The Morgan fingerprint density at radius 3 is 2.48 bits per heavy atom. The Bertz CT molecular complexity index is 336. The summed E-state index contributed by atoms with van der Waals surface area (Å²) >= 11 is 0. The molecule has 0 fully saturated rings. The van der Waals surface area contributed by atoms with Gasteiger partial charge in [-0.2, -0.15) is 0 Å². The van der Waals surface area contributed by atoms with Crippen LogP contribution in [0, 0.1) is 11.8 Å². The molecule has 1 aliphatic rings. The second-order valence-electron chi connectivity index (χ2n) is 8.71. The van der Waals surface area contributed by atoms with Crippen molar-refractivity contribution in [2.24, 2.45) is 11.8 Å². The lowest BCUT2D eigenvalue weighted by Gasteiger charge is -2.36. The van der Waals surface area contributed by atoms with Crippen LogP contribution in [0.5, 0.6) is 0 Å². The van der Waals surface area contributed by atoms with Crippen LogP contribution in [0.1, 0.15) is 73.1 Å². The quantitative estimate of drug-likeness (QED) is 0.294. The van der Waals surface area contributed by atoms with E-state index in [0.29, 0.717) is 5.04 Å². The zero-order valence-electron chi connectivity index (χ0n) is 15.6. The molecule has 1 rings (SSSR count). The molecule has 21 heavy (non-hydrogen) atoms. The molecule has 0 aliphatic heterocycles. The molecule has 0 saturated heterocycles. The van der Waals surface area contributed by atoms with Gasteiger partial charge in [-0.15, -0.1) is 0 Å². The summed E-state index contributed by atoms with van der Waals surface area (Å²) in [5.74, 6) is 1.77. The molecule has 0 aromatic carbocycles. The standard InChI is InChI=1S/C19H38OSi/c1-16(2)18-13-10-12-17(15-18)11-8-9-14-20-21(6,7)19(3,4)5/h12,16,18H,8-11,13-15H2,1-7H3. The zero-order valence-corrected chi connectivity index (χ0v) is 16.6. The molecule has 1 nitrogen and oxygen atoms in total. The first-order valence-corrected chi connectivity index (χ1v) is 11.9. The van der Waals surface area contributed by atoms with Crippen LogP contribution in [0.2, 0.25) is 18.1 Å². The summed E-state index contributed by atoms with van der Waals surface area (Å²) in [6.45, 7) is 17.4. The van der Waals surface area contributed by atoms with Crippen LogP contribution in [-0.2, 0) is 4.43 Å². The van der Waals surface area contributed by atoms with Gasteiger partial charge in [0.2, 0.25) is 0 Å². The highest BCUT2D eigenvalue weighted by molar-refractivity contribution is 6.74. The Labute approximate surface area is 134 Å². The minimum atomic E-state index is -1.53. The Hall–Kier alpha value is -0.0831. The topological polar surface area (TPSA) is 9.23 Å². The van der Waals surface area contributed by atoms with Gasteiger partial charge in [-0.1, -0.05) is 46.3 Å². The number of rotatable bonds is 7. The summed E-state index contributed by atoms with van der Waals surface area (Å²) in [6.07, 6.45) is 10.4. The van der Waals surface area contributed by atoms with E-state index >= 15 is 0 Å². The largest absolute Gasteiger partial charge is 0.417 e. The highest BCUT2D eigenvalue weighted by atomic mass is 28.4. The van der Waals surface area contributed by atoms with Crippen LogP contribution in [0.15, 0.2) is 11.6 Å². The van der Waals surface area contributed by atoms with E-state index in [1.165, 1.54) is 38.5 Å². The van der Waals surface area contributed by atoms with E-state index in [9.17, 15) is 0 Å². The summed E-state index contributed by atoms with van der Waals surface area (Å²) in [5.41, 5.74) is 1.72. The molecule has 0 heterocycles. The number of allylic oxidation sites excluding steroid dienone is 2. The van der Waals surface area contributed by atoms with Gasteiger partial charge in [0.25, 0.3) is 0 Å². The lowest BCUT2D eigenvalue weighted by atomic mass is 9.80. The maximum absolute atomic E-state index is 6.26. The lowest BCUT2D eigenvalue weighted by molar-refractivity contribution is 0.278. The monoisotopic (exact) mass is 310 g/mol. The van der Waals surface area contributed by atoms with E-state index < -0.39 is 8.32 Å². The highest BCUT2D eigenvalue weighted by Gasteiger charge is 2.36. The molecule has 1 unspecified atom stereocenters. The fourth-order valence-electron chi connectivity index (χ4n) is 2.79. The SMILES string of the molecule is CC(C)C1CCC=C(CCCCO[Si](C)(C)C(C)(C)C)C1. The van der Waals surface area contributed by atoms with Crippen molar-refractivity contribution in [2.45, 2.75) is 91.3 Å². The van der Waals surface area contributed by atoms with Gasteiger partial charge in [0.15, 0.2) is 8.32 Å². The third-order valence-corrected chi connectivity index (χ3v) is 10.1. The van der Waals surface area contributed by atoms with Gasteiger partial charge in [-0.25, -0.2) is 0 Å². The second-order valence-corrected chi connectivity index (χ2v) is 13.5. The van der Waals surface area contributed by atoms with Crippen LogP contribution < -0.4 is 0 Å². The molecule has 1 atom stereocenters. The molecule has 0 amide bonds. The van der Waals surface area contributed by atoms with Crippen molar-refractivity contribution in [1.82, 2.24) is 0 Å². The molecule has 0 radical (unpaired) electrons. The van der Waals surface area contributed by atoms with Crippen molar-refractivity contribution in [3.05, 3.63) is 11.6 Å². The van der Waals surface area contributed by atoms with Crippen LogP contribution in [0.25, 0.3) is 0 Å². The third-order valence-electron chi connectivity index (χ3n) is 5.60. The number of hydrogen-bond acceptors (Lipinski definition) is 1. The van der Waals surface area contributed by atoms with Crippen molar-refractivity contribution >= 4 is 8.32 Å². The fraction of sp³-hybridized carbons (Fsp3) is 0.895. The second kappa shape index (κ2) is 7.96. The van der Waals surface area contributed by atoms with Crippen molar-refractivity contribution in [3.63, 3.8) is 0 Å². The number of unbranched alkanes of at least 4 members (excludes halogenated alkanes) is 1. The number of hydrogen-bond donors (Lipinski definition) is 0. The van der Waals surface area contributed by atoms with E-state index in [0.717, 1.165) is 18.4 Å². The van der Waals surface area contributed by atoms with Gasteiger partial charge in [0, 0.05) is 6.61 Å². The summed E-state index contributed by atoms with van der Waals surface area (Å²) in [5, 5.41) is 0.337. The van der Waals surface area contributed by atoms with E-state index in [1.54, 1.807) is 5.57 Å². The summed E-state index contributed by atoms with van der Waals surface area (Å²) in [6, 6.07) is 0. The molecule has 0 aromatic heterocycles. The average Bonchev–Trinajstić information content (AvgIpc) is 2.37. The molecule has 0 aromatic rings. The van der Waals surface area contributed by atoms with Crippen molar-refractivity contribution < 1.29 is 4.43 Å². The van der Waals surface area contributed by atoms with Crippen molar-refractivity contribution in [3.8, 4) is 0 Å². The molecule has 0 bridgehead atoms. The molecule has 1 aliphatic carbocycles. The van der Waals surface area contributed by atoms with Gasteiger partial charge in [-0.3, -0.25) is 0 Å². The Balaban J connectivity index is 2.22. The Morgan fingerprint density at radius 1 is 1.24 bits per heavy atom. The average molecular weight is 311 g/mol. The maximum Gasteiger partial charge on any atom is 0.191 e. The maximum atomic E-state index is 6.26. The predicted octanol–water partition coefficient (Wildman–Crippen LogP) is 6.56. The molecule has 0 saturated carbocycles. The van der Waals surface area contributed by atoms with Crippen LogP contribution in [-0.4, -0.2) is 14.9 Å². The summed E-state index contributed by atoms with van der Waals surface area (Å²) in [4.78, 5) is 0. The molecule has 0 spiro atoms. The molecular formula is C19H38OSi. The van der Waals surface area contributed by atoms with Gasteiger partial charge in [0.05, 0.1) is 0 Å². The van der Waals surface area contributed by atoms with Crippen LogP contribution in [0.4, 0.5) is 0 Å².